The Morgan fingerprint density at radius 3 is 2.36 bits per heavy atom. The molecule has 0 saturated carbocycles. The number of benzene rings is 1. The number of carbonyl (C=O) groups excluding carboxylic acids is 2. The van der Waals surface area contributed by atoms with Crippen molar-refractivity contribution in [1.29, 1.82) is 0 Å². The third kappa shape index (κ3) is 8.57. The van der Waals surface area contributed by atoms with Gasteiger partial charge in [0.2, 0.25) is 11.8 Å². The molecule has 1 aromatic carbocycles. The molecule has 2 amide bonds. The number of carbonyl (C=O) groups is 2. The van der Waals surface area contributed by atoms with Crippen molar-refractivity contribution in [2.75, 3.05) is 13.2 Å². The maximum atomic E-state index is 11.5. The molecule has 5 heteroatoms. The van der Waals surface area contributed by atoms with Crippen LogP contribution in [0.15, 0.2) is 24.3 Å². The van der Waals surface area contributed by atoms with E-state index < -0.39 is 5.91 Å². The Labute approximate surface area is 151 Å². The van der Waals surface area contributed by atoms with Crippen LogP contribution in [0.1, 0.15) is 64.9 Å². The molecule has 3 N–H and O–H groups in total. The Kier molecular flexibility index (Phi) is 9.03. The first-order chi connectivity index (χ1) is 11.8. The average Bonchev–Trinajstić information content (AvgIpc) is 2.58. The smallest absolute Gasteiger partial charge is 0.220 e. The lowest BCUT2D eigenvalue weighted by Crippen LogP contribution is -2.27. The van der Waals surface area contributed by atoms with Crippen molar-refractivity contribution < 1.29 is 14.3 Å². The van der Waals surface area contributed by atoms with Gasteiger partial charge in [0.15, 0.2) is 0 Å². The highest BCUT2D eigenvalue weighted by Crippen LogP contribution is 2.28. The number of ether oxygens (including phenoxy) is 1. The zero-order chi connectivity index (χ0) is 18.7. The van der Waals surface area contributed by atoms with Crippen molar-refractivity contribution >= 4 is 11.8 Å². The van der Waals surface area contributed by atoms with E-state index in [1.165, 1.54) is 5.56 Å². The molecule has 0 aliphatic carbocycles. The van der Waals surface area contributed by atoms with Crippen LogP contribution in [0.4, 0.5) is 0 Å². The quantitative estimate of drug-likeness (QED) is 0.569. The van der Waals surface area contributed by atoms with Crippen molar-refractivity contribution in [2.24, 2.45) is 5.73 Å². The summed E-state index contributed by atoms with van der Waals surface area (Å²) in [5.74, 6) is 0.458. The molecule has 0 spiro atoms. The molecule has 140 valence electrons. The van der Waals surface area contributed by atoms with Gasteiger partial charge in [0.25, 0.3) is 0 Å². The Morgan fingerprint density at radius 1 is 1.08 bits per heavy atom. The summed E-state index contributed by atoms with van der Waals surface area (Å²) in [5, 5.41) is 2.68. The van der Waals surface area contributed by atoms with E-state index in [9.17, 15) is 9.59 Å². The molecule has 0 atom stereocenters. The first kappa shape index (κ1) is 21.0. The average molecular weight is 348 g/mol. The lowest BCUT2D eigenvalue weighted by atomic mass is 9.82. The number of nitrogens with one attached hydrogen (secondary N) is 1. The monoisotopic (exact) mass is 348 g/mol. The second-order valence-electron chi connectivity index (χ2n) is 6.99. The van der Waals surface area contributed by atoms with Crippen LogP contribution < -0.4 is 15.8 Å². The van der Waals surface area contributed by atoms with E-state index in [0.29, 0.717) is 19.6 Å². The van der Waals surface area contributed by atoms with Crippen molar-refractivity contribution in [2.45, 2.75) is 64.7 Å². The van der Waals surface area contributed by atoms with E-state index in [4.69, 9.17) is 10.5 Å². The predicted molar refractivity (Wildman–Crippen MR) is 101 cm³/mol. The van der Waals surface area contributed by atoms with E-state index in [-0.39, 0.29) is 17.7 Å². The summed E-state index contributed by atoms with van der Waals surface area (Å²) >= 11 is 0. The summed E-state index contributed by atoms with van der Waals surface area (Å²) in [6.45, 7) is 7.66. The minimum absolute atomic E-state index is 0.0312. The van der Waals surface area contributed by atoms with Gasteiger partial charge < -0.3 is 15.8 Å². The lowest BCUT2D eigenvalue weighted by molar-refractivity contribution is -0.121. The normalized spacial score (nSPS) is 11.2. The number of rotatable bonds is 12. The molecule has 0 unspecified atom stereocenters. The fraction of sp³-hybridized carbons (Fsp3) is 0.600. The van der Waals surface area contributed by atoms with Crippen LogP contribution >= 0.6 is 0 Å². The van der Waals surface area contributed by atoms with Gasteiger partial charge in [-0.15, -0.1) is 0 Å². The predicted octanol–water partition coefficient (Wildman–Crippen LogP) is 3.31. The summed E-state index contributed by atoms with van der Waals surface area (Å²) in [6.07, 6.45) is 4.42. The Morgan fingerprint density at radius 2 is 1.76 bits per heavy atom. The first-order valence-electron chi connectivity index (χ1n) is 9.13. The molecular formula is C20H32N2O3. The Hall–Kier alpha value is -2.04. The van der Waals surface area contributed by atoms with Gasteiger partial charge in [0, 0.05) is 19.4 Å². The molecule has 0 radical (unpaired) electrons. The highest BCUT2D eigenvalue weighted by Gasteiger charge is 2.17. The van der Waals surface area contributed by atoms with Gasteiger partial charge in [-0.05, 0) is 48.8 Å². The van der Waals surface area contributed by atoms with Gasteiger partial charge in [-0.3, -0.25) is 9.59 Å². The highest BCUT2D eigenvalue weighted by atomic mass is 16.5. The zero-order valence-electron chi connectivity index (χ0n) is 15.8. The van der Waals surface area contributed by atoms with Gasteiger partial charge in [-0.2, -0.15) is 0 Å². The van der Waals surface area contributed by atoms with E-state index in [1.54, 1.807) is 0 Å². The Balaban J connectivity index is 2.13. The molecule has 0 bridgehead atoms. The van der Waals surface area contributed by atoms with Crippen LogP contribution in [-0.2, 0) is 15.0 Å². The number of unbranched alkanes of at least 4 members (excludes halogenated alkanes) is 2. The topological polar surface area (TPSA) is 81.4 Å². The summed E-state index contributed by atoms with van der Waals surface area (Å²) in [4.78, 5) is 22.1. The van der Waals surface area contributed by atoms with Crippen LogP contribution in [0.2, 0.25) is 0 Å². The summed E-state index contributed by atoms with van der Waals surface area (Å²) in [7, 11) is 0. The number of amides is 2. The standard InChI is InChI=1S/C20H32N2O3/c1-4-20(2,3)16-9-11-17(12-10-16)25-15-7-5-6-8-19(24)22-14-13-18(21)23/h9-12H,4-8,13-15H2,1-3H3,(H2,21,23)(H,22,24). The zero-order valence-corrected chi connectivity index (χ0v) is 15.8. The molecule has 0 saturated heterocycles. The summed E-state index contributed by atoms with van der Waals surface area (Å²) < 4.78 is 5.75. The molecule has 0 aliphatic rings. The van der Waals surface area contributed by atoms with Gasteiger partial charge in [0.1, 0.15) is 5.75 Å². The molecule has 5 nitrogen and oxygen atoms in total. The van der Waals surface area contributed by atoms with Crippen molar-refractivity contribution in [3.63, 3.8) is 0 Å². The second-order valence-corrected chi connectivity index (χ2v) is 6.99. The third-order valence-electron chi connectivity index (χ3n) is 4.53. The molecule has 0 fully saturated rings. The van der Waals surface area contributed by atoms with Crippen LogP contribution in [0.3, 0.4) is 0 Å². The molecule has 1 rings (SSSR count). The molecule has 0 heterocycles. The Bertz CT molecular complexity index is 538. The molecule has 0 aliphatic heterocycles. The van der Waals surface area contributed by atoms with Crippen LogP contribution in [0, 0.1) is 0 Å². The molecule has 0 aromatic heterocycles. The largest absolute Gasteiger partial charge is 0.494 e. The van der Waals surface area contributed by atoms with Crippen LogP contribution in [0.25, 0.3) is 0 Å². The number of nitrogens with two attached hydrogens (primary N) is 1. The van der Waals surface area contributed by atoms with E-state index in [2.05, 4.69) is 38.2 Å². The lowest BCUT2D eigenvalue weighted by Gasteiger charge is -2.23. The van der Waals surface area contributed by atoms with Gasteiger partial charge in [-0.25, -0.2) is 0 Å². The van der Waals surface area contributed by atoms with Crippen LogP contribution in [0.5, 0.6) is 5.75 Å². The summed E-state index contributed by atoms with van der Waals surface area (Å²) in [5.41, 5.74) is 6.53. The highest BCUT2D eigenvalue weighted by molar-refractivity contribution is 5.77. The fourth-order valence-corrected chi connectivity index (χ4v) is 2.37. The minimum Gasteiger partial charge on any atom is -0.494 e. The fourth-order valence-electron chi connectivity index (χ4n) is 2.37. The summed E-state index contributed by atoms with van der Waals surface area (Å²) in [6, 6.07) is 8.32. The second kappa shape index (κ2) is 10.7. The van der Waals surface area contributed by atoms with Crippen molar-refractivity contribution in [3.8, 4) is 5.75 Å². The number of hydrogen-bond acceptors (Lipinski definition) is 3. The molecule has 25 heavy (non-hydrogen) atoms. The number of primary amides is 1. The van der Waals surface area contributed by atoms with Crippen molar-refractivity contribution in [1.82, 2.24) is 5.32 Å². The third-order valence-corrected chi connectivity index (χ3v) is 4.53. The van der Waals surface area contributed by atoms with Gasteiger partial charge in [-0.1, -0.05) is 32.9 Å². The molecular weight excluding hydrogens is 316 g/mol. The molecule has 1 aromatic rings. The number of hydrogen-bond donors (Lipinski definition) is 2. The SMILES string of the molecule is CCC(C)(C)c1ccc(OCCCCCC(=O)NCCC(N)=O)cc1. The van der Waals surface area contributed by atoms with E-state index >= 15 is 0 Å². The van der Waals surface area contributed by atoms with E-state index in [1.807, 2.05) is 12.1 Å². The maximum Gasteiger partial charge on any atom is 0.220 e. The van der Waals surface area contributed by atoms with E-state index in [0.717, 1.165) is 31.4 Å². The van der Waals surface area contributed by atoms with Gasteiger partial charge in [0.05, 0.1) is 6.61 Å². The van der Waals surface area contributed by atoms with Crippen LogP contribution in [-0.4, -0.2) is 25.0 Å². The van der Waals surface area contributed by atoms with Gasteiger partial charge >= 0.3 is 0 Å². The van der Waals surface area contributed by atoms with Crippen molar-refractivity contribution in [3.05, 3.63) is 29.8 Å². The first-order valence-corrected chi connectivity index (χ1v) is 9.13. The minimum atomic E-state index is -0.399. The maximum absolute atomic E-state index is 11.5.